The summed E-state index contributed by atoms with van der Waals surface area (Å²) in [6, 6.07) is 17.2. The van der Waals surface area contributed by atoms with Crippen LogP contribution in [0.15, 0.2) is 72.4 Å². The lowest BCUT2D eigenvalue weighted by atomic mass is 10.1. The zero-order valence-electron chi connectivity index (χ0n) is 15.8. The van der Waals surface area contributed by atoms with Gasteiger partial charge in [0.1, 0.15) is 18.0 Å². The molecule has 4 rings (SSSR count). The highest BCUT2D eigenvalue weighted by Crippen LogP contribution is 2.25. The van der Waals surface area contributed by atoms with Crippen molar-refractivity contribution in [2.45, 2.75) is 19.6 Å². The third-order valence-electron chi connectivity index (χ3n) is 4.74. The number of fused-ring (bicyclic) bond motifs is 1. The first kappa shape index (κ1) is 18.3. The van der Waals surface area contributed by atoms with Crippen LogP contribution in [-0.4, -0.2) is 27.2 Å². The molecule has 4 aromatic rings. The van der Waals surface area contributed by atoms with Crippen LogP contribution in [0.25, 0.3) is 5.65 Å². The van der Waals surface area contributed by atoms with E-state index in [0.717, 1.165) is 16.2 Å². The molecule has 0 saturated carbocycles. The van der Waals surface area contributed by atoms with Gasteiger partial charge in [0.05, 0.1) is 11.7 Å². The average Bonchev–Trinajstić information content (AvgIpc) is 3.40. The molecular formula is C22H21N3O2S. The second-order valence-corrected chi connectivity index (χ2v) is 7.60. The van der Waals surface area contributed by atoms with E-state index in [-0.39, 0.29) is 11.9 Å². The van der Waals surface area contributed by atoms with E-state index in [1.54, 1.807) is 22.3 Å². The van der Waals surface area contributed by atoms with Crippen molar-refractivity contribution in [2.75, 3.05) is 7.05 Å². The quantitative estimate of drug-likeness (QED) is 0.474. The van der Waals surface area contributed by atoms with Crippen LogP contribution in [0, 0.1) is 0 Å². The number of aromatic nitrogens is 2. The predicted octanol–water partition coefficient (Wildman–Crippen LogP) is 4.81. The molecule has 0 aliphatic rings. The summed E-state index contributed by atoms with van der Waals surface area (Å²) in [5, 5.41) is 2.03. The van der Waals surface area contributed by atoms with E-state index in [0.29, 0.717) is 17.9 Å². The van der Waals surface area contributed by atoms with Crippen LogP contribution in [-0.2, 0) is 6.61 Å². The van der Waals surface area contributed by atoms with Crippen LogP contribution in [0.2, 0.25) is 0 Å². The van der Waals surface area contributed by atoms with E-state index in [9.17, 15) is 4.79 Å². The molecule has 0 fully saturated rings. The molecule has 6 heteroatoms. The number of carbonyl (C=O) groups is 1. The molecule has 28 heavy (non-hydrogen) atoms. The van der Waals surface area contributed by atoms with E-state index in [2.05, 4.69) is 4.98 Å². The van der Waals surface area contributed by atoms with Crippen molar-refractivity contribution in [1.29, 1.82) is 0 Å². The topological polar surface area (TPSA) is 46.8 Å². The summed E-state index contributed by atoms with van der Waals surface area (Å²) in [5.41, 5.74) is 2.33. The predicted molar refractivity (Wildman–Crippen MR) is 111 cm³/mol. The van der Waals surface area contributed by atoms with E-state index in [4.69, 9.17) is 4.74 Å². The van der Waals surface area contributed by atoms with Gasteiger partial charge in [-0.2, -0.15) is 0 Å². The third kappa shape index (κ3) is 3.77. The van der Waals surface area contributed by atoms with Gasteiger partial charge >= 0.3 is 0 Å². The number of nitrogens with zero attached hydrogens (tertiary/aromatic N) is 3. The first-order chi connectivity index (χ1) is 13.6. The molecule has 0 radical (unpaired) electrons. The molecule has 0 bridgehead atoms. The summed E-state index contributed by atoms with van der Waals surface area (Å²) in [4.78, 5) is 20.3. The number of pyridine rings is 1. The number of imidazole rings is 1. The van der Waals surface area contributed by atoms with Crippen molar-refractivity contribution in [3.05, 3.63) is 88.5 Å². The van der Waals surface area contributed by atoms with Gasteiger partial charge in [0, 0.05) is 29.9 Å². The van der Waals surface area contributed by atoms with Crippen molar-refractivity contribution in [3.8, 4) is 5.75 Å². The van der Waals surface area contributed by atoms with E-state index in [1.165, 1.54) is 0 Å². The maximum Gasteiger partial charge on any atom is 0.254 e. The second-order valence-electron chi connectivity index (χ2n) is 6.62. The molecule has 0 N–H and O–H groups in total. The molecule has 1 atom stereocenters. The van der Waals surface area contributed by atoms with Gasteiger partial charge in [0.15, 0.2) is 0 Å². The SMILES string of the molecule is CC(c1cccs1)N(C)C(=O)c1cccc(OCc2cn3ccccc3n2)c1. The van der Waals surface area contributed by atoms with Crippen LogP contribution in [0.5, 0.6) is 5.75 Å². The Hall–Kier alpha value is -3.12. The number of amides is 1. The Morgan fingerprint density at radius 2 is 2.11 bits per heavy atom. The number of carbonyl (C=O) groups excluding carboxylic acids is 1. The Kier molecular flexibility index (Phi) is 5.12. The number of rotatable bonds is 6. The summed E-state index contributed by atoms with van der Waals surface area (Å²) >= 11 is 1.65. The molecule has 5 nitrogen and oxygen atoms in total. The Balaban J connectivity index is 1.45. The third-order valence-corrected chi connectivity index (χ3v) is 5.78. The highest BCUT2D eigenvalue weighted by atomic mass is 32.1. The minimum absolute atomic E-state index is 0.0232. The molecule has 0 spiro atoms. The van der Waals surface area contributed by atoms with Gasteiger partial charge in [0.2, 0.25) is 0 Å². The molecule has 0 aliphatic heterocycles. The summed E-state index contributed by atoms with van der Waals surface area (Å²) in [6.45, 7) is 2.38. The highest BCUT2D eigenvalue weighted by Gasteiger charge is 2.20. The normalized spacial score (nSPS) is 12.1. The van der Waals surface area contributed by atoms with Crippen LogP contribution < -0.4 is 4.74 Å². The van der Waals surface area contributed by atoms with Crippen molar-refractivity contribution in [1.82, 2.24) is 14.3 Å². The van der Waals surface area contributed by atoms with Crippen LogP contribution >= 0.6 is 11.3 Å². The fraction of sp³-hybridized carbons (Fsp3) is 0.182. The smallest absolute Gasteiger partial charge is 0.254 e. The maximum atomic E-state index is 12.9. The zero-order chi connectivity index (χ0) is 19.5. The number of hydrogen-bond donors (Lipinski definition) is 0. The molecule has 1 amide bonds. The first-order valence-electron chi connectivity index (χ1n) is 9.08. The second kappa shape index (κ2) is 7.86. The molecule has 142 valence electrons. The fourth-order valence-electron chi connectivity index (χ4n) is 3.03. The molecule has 1 aromatic carbocycles. The largest absolute Gasteiger partial charge is 0.487 e. The number of thiophene rings is 1. The first-order valence-corrected chi connectivity index (χ1v) is 9.96. The number of ether oxygens (including phenoxy) is 1. The molecule has 0 saturated heterocycles. The van der Waals surface area contributed by atoms with Gasteiger partial charge in [0.25, 0.3) is 5.91 Å². The van der Waals surface area contributed by atoms with Gasteiger partial charge in [-0.25, -0.2) is 4.98 Å². The molecule has 3 heterocycles. The van der Waals surface area contributed by atoms with E-state index >= 15 is 0 Å². The van der Waals surface area contributed by atoms with Crippen LogP contribution in [0.3, 0.4) is 0 Å². The Morgan fingerprint density at radius 3 is 2.89 bits per heavy atom. The molecule has 3 aromatic heterocycles. The summed E-state index contributed by atoms with van der Waals surface area (Å²) in [7, 11) is 1.83. The molecule has 0 aliphatic carbocycles. The summed E-state index contributed by atoms with van der Waals surface area (Å²) in [6.07, 6.45) is 3.90. The maximum absolute atomic E-state index is 12.9. The standard InChI is InChI=1S/C22H21N3O2S/c1-16(20-9-6-12-28-20)24(2)22(26)17-7-5-8-19(13-17)27-15-18-14-25-11-4-3-10-21(25)23-18/h3-14,16H,15H2,1-2H3. The van der Waals surface area contributed by atoms with Gasteiger partial charge < -0.3 is 14.0 Å². The van der Waals surface area contributed by atoms with Gasteiger partial charge in [-0.3, -0.25) is 4.79 Å². The van der Waals surface area contributed by atoms with Crippen molar-refractivity contribution in [3.63, 3.8) is 0 Å². The van der Waals surface area contributed by atoms with Crippen molar-refractivity contribution < 1.29 is 9.53 Å². The number of hydrogen-bond acceptors (Lipinski definition) is 4. The number of benzene rings is 1. The van der Waals surface area contributed by atoms with Crippen LogP contribution in [0.4, 0.5) is 0 Å². The summed E-state index contributed by atoms with van der Waals surface area (Å²) in [5.74, 6) is 0.624. The zero-order valence-corrected chi connectivity index (χ0v) is 16.6. The lowest BCUT2D eigenvalue weighted by Crippen LogP contribution is -2.29. The Labute approximate surface area is 167 Å². The molecule has 1 unspecified atom stereocenters. The van der Waals surface area contributed by atoms with E-state index < -0.39 is 0 Å². The lowest BCUT2D eigenvalue weighted by Gasteiger charge is -2.24. The lowest BCUT2D eigenvalue weighted by molar-refractivity contribution is 0.0744. The average molecular weight is 391 g/mol. The Morgan fingerprint density at radius 1 is 1.21 bits per heavy atom. The van der Waals surface area contributed by atoms with E-state index in [1.807, 2.05) is 84.7 Å². The van der Waals surface area contributed by atoms with Gasteiger partial charge in [-0.15, -0.1) is 11.3 Å². The monoisotopic (exact) mass is 391 g/mol. The minimum Gasteiger partial charge on any atom is -0.487 e. The Bertz CT molecular complexity index is 1060. The van der Waals surface area contributed by atoms with Crippen molar-refractivity contribution in [2.24, 2.45) is 0 Å². The minimum atomic E-state index is -0.0286. The molecular weight excluding hydrogens is 370 g/mol. The van der Waals surface area contributed by atoms with Gasteiger partial charge in [-0.05, 0) is 48.7 Å². The fourth-order valence-corrected chi connectivity index (χ4v) is 3.86. The van der Waals surface area contributed by atoms with Gasteiger partial charge in [-0.1, -0.05) is 18.2 Å². The summed E-state index contributed by atoms with van der Waals surface area (Å²) < 4.78 is 7.84. The van der Waals surface area contributed by atoms with Crippen LogP contribution in [0.1, 0.15) is 33.9 Å². The highest BCUT2D eigenvalue weighted by molar-refractivity contribution is 7.10. The van der Waals surface area contributed by atoms with Crippen molar-refractivity contribution >= 4 is 22.9 Å².